The summed E-state index contributed by atoms with van der Waals surface area (Å²) in [4.78, 5) is 16.3. The standard InChI is InChI=1S/C19H15F4N3O2S/c20-13-3-1-12(2-4-13)10-24-17(27)9-15-11-29-18(26-15)25-14-5-7-16(8-6-14)28-19(21,22)23/h1-8,11H,9-10H2,(H,24,27)(H,25,26). The Bertz CT molecular complexity index is 957. The monoisotopic (exact) mass is 425 g/mol. The molecule has 0 aliphatic rings. The number of rotatable bonds is 7. The Morgan fingerprint density at radius 2 is 1.76 bits per heavy atom. The molecule has 1 heterocycles. The topological polar surface area (TPSA) is 63.2 Å². The second kappa shape index (κ2) is 8.91. The number of alkyl halides is 3. The molecule has 0 saturated carbocycles. The fraction of sp³-hybridized carbons (Fsp3) is 0.158. The van der Waals surface area contributed by atoms with Gasteiger partial charge in [0.2, 0.25) is 5.91 Å². The summed E-state index contributed by atoms with van der Waals surface area (Å²) >= 11 is 1.26. The van der Waals surface area contributed by atoms with Gasteiger partial charge in [-0.05, 0) is 42.0 Å². The zero-order valence-corrected chi connectivity index (χ0v) is 15.6. The Kier molecular flexibility index (Phi) is 6.32. The quantitative estimate of drug-likeness (QED) is 0.535. The third-order valence-corrected chi connectivity index (χ3v) is 4.44. The van der Waals surface area contributed by atoms with Gasteiger partial charge < -0.3 is 15.4 Å². The summed E-state index contributed by atoms with van der Waals surface area (Å²) in [7, 11) is 0. The molecule has 0 unspecified atom stereocenters. The van der Waals surface area contributed by atoms with Crippen LogP contribution in [0.3, 0.4) is 0 Å². The Morgan fingerprint density at radius 1 is 1.07 bits per heavy atom. The number of carbonyl (C=O) groups excluding carboxylic acids is 1. The molecule has 3 rings (SSSR count). The summed E-state index contributed by atoms with van der Waals surface area (Å²) in [6.45, 7) is 0.278. The van der Waals surface area contributed by atoms with Gasteiger partial charge >= 0.3 is 6.36 Å². The van der Waals surface area contributed by atoms with Gasteiger partial charge in [0.25, 0.3) is 0 Å². The van der Waals surface area contributed by atoms with Gasteiger partial charge in [0.15, 0.2) is 5.13 Å². The fourth-order valence-electron chi connectivity index (χ4n) is 2.34. The highest BCUT2D eigenvalue weighted by molar-refractivity contribution is 7.13. The number of anilines is 2. The highest BCUT2D eigenvalue weighted by Crippen LogP contribution is 2.26. The van der Waals surface area contributed by atoms with Gasteiger partial charge in [-0.1, -0.05) is 12.1 Å². The van der Waals surface area contributed by atoms with E-state index in [4.69, 9.17) is 0 Å². The summed E-state index contributed by atoms with van der Waals surface area (Å²) < 4.78 is 53.2. The number of nitrogens with zero attached hydrogens (tertiary/aromatic N) is 1. The lowest BCUT2D eigenvalue weighted by Gasteiger charge is -2.09. The molecular weight excluding hydrogens is 410 g/mol. The van der Waals surface area contributed by atoms with Crippen LogP contribution in [-0.2, 0) is 17.8 Å². The Labute approximate surface area is 167 Å². The second-order valence-electron chi connectivity index (χ2n) is 5.92. The number of hydrogen-bond donors (Lipinski definition) is 2. The van der Waals surface area contributed by atoms with E-state index in [1.54, 1.807) is 17.5 Å². The summed E-state index contributed by atoms with van der Waals surface area (Å²) in [6, 6.07) is 11.1. The predicted molar refractivity (Wildman–Crippen MR) is 100 cm³/mol. The molecule has 0 fully saturated rings. The van der Waals surface area contributed by atoms with Crippen LogP contribution in [0.2, 0.25) is 0 Å². The summed E-state index contributed by atoms with van der Waals surface area (Å²) in [5.41, 5.74) is 1.85. The Hall–Kier alpha value is -3.14. The molecule has 0 spiro atoms. The smallest absolute Gasteiger partial charge is 0.406 e. The molecule has 29 heavy (non-hydrogen) atoms. The lowest BCUT2D eigenvalue weighted by atomic mass is 10.2. The van der Waals surface area contributed by atoms with E-state index in [2.05, 4.69) is 20.4 Å². The molecule has 2 N–H and O–H groups in total. The maximum Gasteiger partial charge on any atom is 0.573 e. The van der Waals surface area contributed by atoms with Gasteiger partial charge in [0.05, 0.1) is 12.1 Å². The van der Waals surface area contributed by atoms with Gasteiger partial charge in [-0.3, -0.25) is 4.79 Å². The van der Waals surface area contributed by atoms with Gasteiger partial charge in [-0.2, -0.15) is 0 Å². The molecule has 3 aromatic rings. The lowest BCUT2D eigenvalue weighted by Crippen LogP contribution is -2.24. The van der Waals surface area contributed by atoms with Crippen molar-refractivity contribution in [2.45, 2.75) is 19.3 Å². The number of carbonyl (C=O) groups is 1. The minimum Gasteiger partial charge on any atom is -0.406 e. The van der Waals surface area contributed by atoms with Crippen molar-refractivity contribution >= 4 is 28.1 Å². The van der Waals surface area contributed by atoms with Crippen molar-refractivity contribution in [3.05, 3.63) is 71.0 Å². The van der Waals surface area contributed by atoms with E-state index < -0.39 is 6.36 Å². The fourth-order valence-corrected chi connectivity index (χ4v) is 3.07. The van der Waals surface area contributed by atoms with E-state index in [1.165, 1.54) is 47.7 Å². The maximum atomic E-state index is 12.9. The molecule has 0 bridgehead atoms. The van der Waals surface area contributed by atoms with Gasteiger partial charge in [-0.25, -0.2) is 9.37 Å². The number of hydrogen-bond acceptors (Lipinski definition) is 5. The largest absolute Gasteiger partial charge is 0.573 e. The molecule has 0 saturated heterocycles. The van der Waals surface area contributed by atoms with Crippen LogP contribution >= 0.6 is 11.3 Å². The van der Waals surface area contributed by atoms with E-state index in [-0.39, 0.29) is 30.4 Å². The first-order valence-electron chi connectivity index (χ1n) is 8.35. The number of halogens is 4. The average molecular weight is 425 g/mol. The second-order valence-corrected chi connectivity index (χ2v) is 6.78. The zero-order chi connectivity index (χ0) is 20.9. The third-order valence-electron chi connectivity index (χ3n) is 3.64. The van der Waals surface area contributed by atoms with Crippen molar-refractivity contribution in [2.24, 2.45) is 0 Å². The molecule has 10 heteroatoms. The maximum absolute atomic E-state index is 12.9. The first kappa shape index (κ1) is 20.6. The molecule has 1 aromatic heterocycles. The highest BCUT2D eigenvalue weighted by atomic mass is 32.1. The number of thiazole rings is 1. The van der Waals surface area contributed by atoms with Crippen molar-refractivity contribution in [3.8, 4) is 5.75 Å². The van der Waals surface area contributed by atoms with Crippen molar-refractivity contribution in [1.82, 2.24) is 10.3 Å². The van der Waals surface area contributed by atoms with E-state index in [0.29, 0.717) is 16.5 Å². The molecule has 5 nitrogen and oxygen atoms in total. The summed E-state index contributed by atoms with van der Waals surface area (Å²) in [6.07, 6.45) is -4.67. The molecule has 0 atom stereocenters. The van der Waals surface area contributed by atoms with E-state index in [1.807, 2.05) is 0 Å². The normalized spacial score (nSPS) is 11.2. The molecule has 0 aliphatic heterocycles. The molecule has 0 aliphatic carbocycles. The van der Waals surface area contributed by atoms with Crippen LogP contribution in [0.5, 0.6) is 5.75 Å². The molecule has 2 aromatic carbocycles. The van der Waals surface area contributed by atoms with Gasteiger partial charge in [-0.15, -0.1) is 24.5 Å². The van der Waals surface area contributed by atoms with Crippen LogP contribution in [0.15, 0.2) is 53.9 Å². The number of nitrogens with one attached hydrogen (secondary N) is 2. The van der Waals surface area contributed by atoms with Crippen molar-refractivity contribution in [2.75, 3.05) is 5.32 Å². The summed E-state index contributed by atoms with van der Waals surface area (Å²) in [5, 5.41) is 7.89. The molecule has 1 amide bonds. The van der Waals surface area contributed by atoms with Crippen LogP contribution in [0.1, 0.15) is 11.3 Å². The predicted octanol–water partition coefficient (Wildman–Crippen LogP) is 4.78. The first-order valence-corrected chi connectivity index (χ1v) is 9.23. The van der Waals surface area contributed by atoms with Crippen molar-refractivity contribution in [1.29, 1.82) is 0 Å². The highest BCUT2D eigenvalue weighted by Gasteiger charge is 2.30. The lowest BCUT2D eigenvalue weighted by molar-refractivity contribution is -0.274. The minimum absolute atomic E-state index is 0.0672. The van der Waals surface area contributed by atoms with E-state index in [0.717, 1.165) is 5.56 Å². The number of ether oxygens (including phenoxy) is 1. The minimum atomic E-state index is -4.74. The van der Waals surface area contributed by atoms with Gasteiger partial charge in [0.1, 0.15) is 11.6 Å². The van der Waals surface area contributed by atoms with Gasteiger partial charge in [0, 0.05) is 17.6 Å². The average Bonchev–Trinajstić information content (AvgIpc) is 3.08. The SMILES string of the molecule is O=C(Cc1csc(Nc2ccc(OC(F)(F)F)cc2)n1)NCc1ccc(F)cc1. The summed E-state index contributed by atoms with van der Waals surface area (Å²) in [5.74, 6) is -0.898. The molecule has 0 radical (unpaired) electrons. The number of aromatic nitrogens is 1. The number of amides is 1. The van der Waals surface area contributed by atoms with E-state index in [9.17, 15) is 22.4 Å². The first-order chi connectivity index (χ1) is 13.8. The third kappa shape index (κ3) is 6.75. The zero-order valence-electron chi connectivity index (χ0n) is 14.8. The number of benzene rings is 2. The van der Waals surface area contributed by atoms with Crippen LogP contribution < -0.4 is 15.4 Å². The molecular formula is C19H15F4N3O2S. The van der Waals surface area contributed by atoms with E-state index >= 15 is 0 Å². The van der Waals surface area contributed by atoms with Crippen molar-refractivity contribution in [3.63, 3.8) is 0 Å². The van der Waals surface area contributed by atoms with Crippen LogP contribution in [0.4, 0.5) is 28.4 Å². The Balaban J connectivity index is 1.49. The molecule has 152 valence electrons. The van der Waals surface area contributed by atoms with Crippen LogP contribution in [0, 0.1) is 5.82 Å². The van der Waals surface area contributed by atoms with Crippen LogP contribution in [0.25, 0.3) is 0 Å². The van der Waals surface area contributed by atoms with Crippen LogP contribution in [-0.4, -0.2) is 17.3 Å². The Morgan fingerprint density at radius 3 is 2.41 bits per heavy atom. The van der Waals surface area contributed by atoms with Crippen molar-refractivity contribution < 1.29 is 27.1 Å².